The van der Waals surface area contributed by atoms with E-state index in [2.05, 4.69) is 0 Å². The van der Waals surface area contributed by atoms with Crippen molar-refractivity contribution in [2.24, 2.45) is 0 Å². The minimum atomic E-state index is -5.17. The molecule has 0 unspecified atom stereocenters. The van der Waals surface area contributed by atoms with Gasteiger partial charge in [0.2, 0.25) is 0 Å². The average molecular weight is 196 g/mol. The molecule has 0 spiro atoms. The Morgan fingerprint density at radius 1 is 0.900 bits per heavy atom. The number of hydrogen-bond acceptors (Lipinski definition) is 8. The normalized spacial score (nSPS) is 11.8. The summed E-state index contributed by atoms with van der Waals surface area (Å²) < 4.78 is 68.1. The van der Waals surface area contributed by atoms with Crippen LogP contribution in [0.4, 0.5) is 0 Å². The van der Waals surface area contributed by atoms with Crippen LogP contribution in [0.2, 0.25) is 0 Å². The Hall–Kier alpha value is -0.0000000000000000971. The van der Waals surface area contributed by atoms with Gasteiger partial charge < -0.3 is 9.11 Å². The molecule has 10 heteroatoms. The fourth-order valence-corrected chi connectivity index (χ4v) is 0. The summed E-state index contributed by atoms with van der Waals surface area (Å²) in [5.41, 5.74) is 0. The molecule has 64 valence electrons. The zero-order chi connectivity index (χ0) is 9.00. The topological polar surface area (TPSA) is 172 Å². The lowest BCUT2D eigenvalue weighted by Gasteiger charge is -2.17. The van der Waals surface area contributed by atoms with E-state index in [4.69, 9.17) is 36.2 Å². The molecule has 0 aliphatic carbocycles. The molecule has 0 saturated heterocycles. The molecule has 8 nitrogen and oxygen atoms in total. The van der Waals surface area contributed by atoms with Gasteiger partial charge in [-0.3, -0.25) is 8.42 Å². The van der Waals surface area contributed by atoms with E-state index in [9.17, 15) is 0 Å². The van der Waals surface area contributed by atoms with Crippen LogP contribution in [-0.4, -0.2) is 17.5 Å². The first-order chi connectivity index (χ1) is 4.00. The Morgan fingerprint density at radius 2 is 0.900 bits per heavy atom. The minimum absolute atomic E-state index is 4.94. The predicted molar refractivity (Wildman–Crippen MR) is 10.5 cm³/mol. The average Bonchev–Trinajstić information content (AvgIpc) is 1.12. The molecule has 0 aliphatic heterocycles. The lowest BCUT2D eigenvalue weighted by molar-refractivity contribution is -2.00. The minimum Gasteiger partial charge on any atom is -0.759 e. The summed E-state index contributed by atoms with van der Waals surface area (Å²) in [6.45, 7) is 0. The van der Waals surface area contributed by atoms with Crippen molar-refractivity contribution in [1.82, 2.24) is 0 Å². The summed E-state index contributed by atoms with van der Waals surface area (Å²) >= 11 is 0. The molecular weight excluding hydrogens is 196 g/mol. The van der Waals surface area contributed by atoms with E-state index in [-0.39, 0.29) is 0 Å². The van der Waals surface area contributed by atoms with Crippen molar-refractivity contribution in [3.63, 3.8) is 0 Å². The monoisotopic (exact) mass is 195 g/mol. The van der Waals surface area contributed by atoms with Gasteiger partial charge in [0.05, 0.1) is 0 Å². The van der Waals surface area contributed by atoms with Crippen molar-refractivity contribution in [3.8, 4) is 0 Å². The Balaban J connectivity index is 0. The molecule has 10 heavy (non-hydrogen) atoms. The lowest BCUT2D eigenvalue weighted by atomic mass is 15.8. The van der Waals surface area contributed by atoms with E-state index >= 15 is 0 Å². The Labute approximate surface area is 57.6 Å². The van der Waals surface area contributed by atoms with Crippen LogP contribution in [0.5, 0.6) is 0 Å². The highest BCUT2D eigenvalue weighted by molar-refractivity contribution is 7.79. The van der Waals surface area contributed by atoms with Crippen LogP contribution in [0, 0.1) is 10.2 Å². The fraction of sp³-hybridized carbons (Fsp3) is 0. The van der Waals surface area contributed by atoms with E-state index in [1.54, 1.807) is 0 Å². The third-order valence-corrected chi connectivity index (χ3v) is 0. The molecule has 0 N–H and O–H groups in total. The third-order valence-electron chi connectivity index (χ3n) is 0. The van der Waals surface area contributed by atoms with Crippen molar-refractivity contribution in [2.75, 3.05) is 0 Å². The third kappa shape index (κ3) is 41500000000000000911906223631106048. The molecule has 0 fully saturated rings. The van der Waals surface area contributed by atoms with E-state index in [1.165, 1.54) is 0 Å². The number of halogens is 1. The van der Waals surface area contributed by atoms with Gasteiger partial charge in [-0.2, -0.15) is 0 Å². The van der Waals surface area contributed by atoms with Crippen molar-refractivity contribution in [1.29, 1.82) is 0 Å². The van der Waals surface area contributed by atoms with Crippen LogP contribution < -0.4 is 18.6 Å². The van der Waals surface area contributed by atoms with Gasteiger partial charge in [-0.1, -0.05) is 0 Å². The van der Waals surface area contributed by atoms with Gasteiger partial charge in [-0.15, -0.1) is 10.2 Å². The van der Waals surface area contributed by atoms with Gasteiger partial charge in [-0.05, 0) is 0 Å². The molecule has 0 aromatic rings. The molecule has 0 heterocycles. The second-order valence-electron chi connectivity index (χ2n) is 0.786. The van der Waals surface area contributed by atoms with Gasteiger partial charge in [0.25, 0.3) is 0 Å². The quantitative estimate of drug-likeness (QED) is 0.271. The van der Waals surface area contributed by atoms with E-state index in [0.717, 1.165) is 0 Å². The van der Waals surface area contributed by atoms with Crippen molar-refractivity contribution >= 4 is 10.4 Å². The van der Waals surface area contributed by atoms with Crippen LogP contribution >= 0.6 is 0 Å². The lowest BCUT2D eigenvalue weighted by Crippen LogP contribution is -2.68. The number of hydrogen-bond donors (Lipinski definition) is 0. The molecule has 0 atom stereocenters. The Kier molecular flexibility index (Phi) is 5.06. The molecule has 0 aromatic carbocycles. The van der Waals surface area contributed by atoms with Crippen LogP contribution in [-0.2, 0) is 10.4 Å². The van der Waals surface area contributed by atoms with E-state index in [0.29, 0.717) is 0 Å². The highest BCUT2D eigenvalue weighted by atomic mass is 35.7. The van der Waals surface area contributed by atoms with Crippen molar-refractivity contribution in [3.05, 3.63) is 0 Å². The summed E-state index contributed by atoms with van der Waals surface area (Å²) in [6, 6.07) is 0. The second-order valence-corrected chi connectivity index (χ2v) is 2.36. The number of rotatable bonds is 0. The van der Waals surface area contributed by atoms with Crippen LogP contribution in [0.3, 0.4) is 0 Å². The van der Waals surface area contributed by atoms with E-state index in [1.807, 2.05) is 0 Å². The predicted octanol–water partition coefficient (Wildman–Crippen LogP) is -6.09. The summed E-state index contributed by atoms with van der Waals surface area (Å²) in [5.74, 6) is 0. The molecule has 0 radical (unpaired) electrons. The summed E-state index contributed by atoms with van der Waals surface area (Å²) in [5, 5.41) is 0. The Bertz CT molecular complexity index is 144. The highest BCUT2D eigenvalue weighted by Gasteiger charge is 1.84. The second kappa shape index (κ2) is 4.00. The highest BCUT2D eigenvalue weighted by Crippen LogP contribution is 1.57. The molecule has 0 rings (SSSR count). The van der Waals surface area contributed by atoms with Gasteiger partial charge >= 0.3 is 0 Å². The van der Waals surface area contributed by atoms with Crippen LogP contribution in [0.25, 0.3) is 0 Å². The first-order valence-electron chi connectivity index (χ1n) is 1.28. The maximum absolute atomic E-state index is 8.52. The fourth-order valence-electron chi connectivity index (χ4n) is 0. The van der Waals surface area contributed by atoms with E-state index < -0.39 is 20.6 Å². The summed E-state index contributed by atoms with van der Waals surface area (Å²) in [7, 11) is -10.1. The molecular formula is ClO8S-3. The van der Waals surface area contributed by atoms with Gasteiger partial charge in [0.1, 0.15) is 0 Å². The Morgan fingerprint density at radius 3 is 0.900 bits per heavy atom. The first kappa shape index (κ1) is 12.7. The molecule has 0 aromatic heterocycles. The smallest absolute Gasteiger partial charge is 0.0311 e. The molecule has 0 aliphatic rings. The standard InChI is InChI=1S/ClHO4.H2O4S/c2-1(3,4)5;1-5(2,3)4/h(H,2,3,4,5);(H2,1,2,3,4)/p-3. The molecule has 0 saturated carbocycles. The van der Waals surface area contributed by atoms with Gasteiger partial charge in [0.15, 0.2) is 0 Å². The zero-order valence-electron chi connectivity index (χ0n) is 4.05. The summed E-state index contributed by atoms with van der Waals surface area (Å²) in [4.78, 5) is 0. The summed E-state index contributed by atoms with van der Waals surface area (Å²) in [6.07, 6.45) is 0. The van der Waals surface area contributed by atoms with Gasteiger partial charge in [0, 0.05) is 10.4 Å². The molecule has 0 bridgehead atoms. The zero-order valence-corrected chi connectivity index (χ0v) is 5.62. The van der Waals surface area contributed by atoms with Crippen molar-refractivity contribution in [2.45, 2.75) is 0 Å². The maximum Gasteiger partial charge on any atom is 0.0311 e. The molecule has 0 amide bonds. The largest absolute Gasteiger partial charge is 0.759 e. The van der Waals surface area contributed by atoms with Crippen LogP contribution in [0.1, 0.15) is 0 Å². The van der Waals surface area contributed by atoms with Crippen LogP contribution in [0.15, 0.2) is 0 Å². The van der Waals surface area contributed by atoms with Crippen molar-refractivity contribution < 1.29 is 46.4 Å². The maximum atomic E-state index is 8.52. The first-order valence-corrected chi connectivity index (χ1v) is 3.85. The SMILES string of the molecule is O=S(=O)([O-])[O-].[O-][Cl+3]([O-])([O-])[O-]. The van der Waals surface area contributed by atoms with Gasteiger partial charge in [-0.25, -0.2) is 18.6 Å².